The molecule has 0 unspecified atom stereocenters. The summed E-state index contributed by atoms with van der Waals surface area (Å²) < 4.78 is 27.6. The molecule has 7 heteroatoms. The van der Waals surface area contributed by atoms with Gasteiger partial charge < -0.3 is 10.2 Å². The van der Waals surface area contributed by atoms with E-state index in [1.807, 2.05) is 38.4 Å². The number of benzene rings is 2. The van der Waals surface area contributed by atoms with Crippen LogP contribution in [-0.2, 0) is 16.4 Å². The Bertz CT molecular complexity index is 934. The number of rotatable bonds is 7. The van der Waals surface area contributed by atoms with Gasteiger partial charge in [-0.05, 0) is 63.2 Å². The third-order valence-corrected chi connectivity index (χ3v) is 7.08. The number of hydrogen-bond donors (Lipinski definition) is 1. The molecule has 6 nitrogen and oxygen atoms in total. The van der Waals surface area contributed by atoms with E-state index in [9.17, 15) is 13.2 Å². The van der Waals surface area contributed by atoms with E-state index in [0.29, 0.717) is 18.8 Å². The molecule has 29 heavy (non-hydrogen) atoms. The lowest BCUT2D eigenvalue weighted by Gasteiger charge is -2.26. The van der Waals surface area contributed by atoms with Crippen LogP contribution in [0.4, 0.5) is 5.69 Å². The molecular formula is C22H29N3O3S. The van der Waals surface area contributed by atoms with E-state index in [0.717, 1.165) is 32.2 Å². The fraction of sp³-hybridized carbons (Fsp3) is 0.409. The van der Waals surface area contributed by atoms with E-state index in [4.69, 9.17) is 0 Å². The van der Waals surface area contributed by atoms with Crippen molar-refractivity contribution in [3.05, 3.63) is 59.7 Å². The molecule has 1 aliphatic rings. The molecule has 0 spiro atoms. The maximum absolute atomic E-state index is 13.1. The van der Waals surface area contributed by atoms with Gasteiger partial charge in [0.1, 0.15) is 0 Å². The van der Waals surface area contributed by atoms with Crippen LogP contribution in [0.15, 0.2) is 53.4 Å². The van der Waals surface area contributed by atoms with Gasteiger partial charge in [0.05, 0.1) is 10.5 Å². The summed E-state index contributed by atoms with van der Waals surface area (Å²) in [5.74, 6) is -0.415. The molecular weight excluding hydrogens is 386 g/mol. The average Bonchev–Trinajstić information content (AvgIpc) is 2.74. The highest BCUT2D eigenvalue weighted by Crippen LogP contribution is 2.24. The number of anilines is 1. The number of nitrogens with one attached hydrogen (secondary N) is 1. The number of carbonyl (C=O) groups is 1. The molecule has 156 valence electrons. The normalized spacial score (nSPS) is 15.4. The Morgan fingerprint density at radius 3 is 2.31 bits per heavy atom. The Kier molecular flexibility index (Phi) is 7.05. The van der Waals surface area contributed by atoms with Crippen LogP contribution in [0.5, 0.6) is 0 Å². The maximum Gasteiger partial charge on any atom is 0.257 e. The van der Waals surface area contributed by atoms with Gasteiger partial charge in [0, 0.05) is 25.3 Å². The second-order valence-electron chi connectivity index (χ2n) is 7.67. The first-order chi connectivity index (χ1) is 13.9. The van der Waals surface area contributed by atoms with Crippen molar-refractivity contribution in [1.29, 1.82) is 0 Å². The van der Waals surface area contributed by atoms with E-state index in [1.54, 1.807) is 18.2 Å². The zero-order chi connectivity index (χ0) is 20.9. The van der Waals surface area contributed by atoms with Crippen LogP contribution in [0.1, 0.15) is 35.2 Å². The second-order valence-corrected chi connectivity index (χ2v) is 9.57. The summed E-state index contributed by atoms with van der Waals surface area (Å²) in [4.78, 5) is 15.1. The first kappa shape index (κ1) is 21.5. The van der Waals surface area contributed by atoms with Crippen LogP contribution in [-0.4, -0.2) is 57.3 Å². The standard InChI is InChI=1S/C22H29N3O3S/c1-24(2)17-14-18-10-12-19(13-11-18)23-22(26)20-8-4-5-9-21(20)29(27,28)25-15-6-3-7-16-25/h4-5,8-13H,3,6-7,14-17H2,1-2H3,(H,23,26). The van der Waals surface area contributed by atoms with Gasteiger partial charge in [-0.25, -0.2) is 8.42 Å². The monoisotopic (exact) mass is 415 g/mol. The van der Waals surface area contributed by atoms with E-state index in [-0.39, 0.29) is 10.5 Å². The van der Waals surface area contributed by atoms with Gasteiger partial charge in [0.2, 0.25) is 10.0 Å². The van der Waals surface area contributed by atoms with E-state index >= 15 is 0 Å². The molecule has 1 N–H and O–H groups in total. The Balaban J connectivity index is 1.76. The summed E-state index contributed by atoms with van der Waals surface area (Å²) >= 11 is 0. The molecule has 2 aromatic rings. The highest BCUT2D eigenvalue weighted by Gasteiger charge is 2.29. The predicted octanol–water partition coefficient (Wildman–Crippen LogP) is 3.22. The molecule has 1 fully saturated rings. The van der Waals surface area contributed by atoms with Gasteiger partial charge >= 0.3 is 0 Å². The van der Waals surface area contributed by atoms with Gasteiger partial charge in [0.15, 0.2) is 0 Å². The van der Waals surface area contributed by atoms with Crippen molar-refractivity contribution >= 4 is 21.6 Å². The smallest absolute Gasteiger partial charge is 0.257 e. The van der Waals surface area contributed by atoms with Crippen LogP contribution >= 0.6 is 0 Å². The molecule has 0 atom stereocenters. The van der Waals surface area contributed by atoms with Gasteiger partial charge in [-0.1, -0.05) is 30.7 Å². The van der Waals surface area contributed by atoms with Crippen molar-refractivity contribution in [3.63, 3.8) is 0 Å². The fourth-order valence-electron chi connectivity index (χ4n) is 3.43. The van der Waals surface area contributed by atoms with Crippen molar-refractivity contribution < 1.29 is 13.2 Å². The fourth-order valence-corrected chi connectivity index (χ4v) is 5.14. The summed E-state index contributed by atoms with van der Waals surface area (Å²) in [5.41, 5.74) is 2.01. The van der Waals surface area contributed by atoms with Crippen LogP contribution in [0, 0.1) is 0 Å². The topological polar surface area (TPSA) is 69.7 Å². The molecule has 1 aliphatic heterocycles. The summed E-state index contributed by atoms with van der Waals surface area (Å²) in [7, 11) is 0.379. The lowest BCUT2D eigenvalue weighted by molar-refractivity contribution is 0.102. The lowest BCUT2D eigenvalue weighted by Crippen LogP contribution is -2.36. The molecule has 0 radical (unpaired) electrons. The van der Waals surface area contributed by atoms with Crippen LogP contribution in [0.2, 0.25) is 0 Å². The quantitative estimate of drug-likeness (QED) is 0.754. The number of likely N-dealkylation sites (N-methyl/N-ethyl adjacent to an activating group) is 1. The third kappa shape index (κ3) is 5.44. The minimum absolute atomic E-state index is 0.0713. The summed E-state index contributed by atoms with van der Waals surface area (Å²) in [6, 6.07) is 14.1. The zero-order valence-electron chi connectivity index (χ0n) is 17.1. The van der Waals surface area contributed by atoms with Crippen LogP contribution in [0.3, 0.4) is 0 Å². The first-order valence-corrected chi connectivity index (χ1v) is 11.5. The van der Waals surface area contributed by atoms with E-state index in [2.05, 4.69) is 10.2 Å². The Hall–Kier alpha value is -2.22. The van der Waals surface area contributed by atoms with E-state index < -0.39 is 15.9 Å². The SMILES string of the molecule is CN(C)CCc1ccc(NC(=O)c2ccccc2S(=O)(=O)N2CCCCC2)cc1. The molecule has 0 aliphatic carbocycles. The van der Waals surface area contributed by atoms with Crippen molar-refractivity contribution in [2.45, 2.75) is 30.6 Å². The molecule has 1 amide bonds. The summed E-state index contributed by atoms with van der Waals surface area (Å²) in [6.45, 7) is 1.97. The lowest BCUT2D eigenvalue weighted by atomic mass is 10.1. The zero-order valence-corrected chi connectivity index (χ0v) is 17.9. The average molecular weight is 416 g/mol. The second kappa shape index (κ2) is 9.52. The van der Waals surface area contributed by atoms with Crippen LogP contribution < -0.4 is 5.32 Å². The van der Waals surface area contributed by atoms with Gasteiger partial charge in [0.25, 0.3) is 5.91 Å². The molecule has 0 bridgehead atoms. The van der Waals surface area contributed by atoms with Crippen molar-refractivity contribution in [2.75, 3.05) is 39.0 Å². The summed E-state index contributed by atoms with van der Waals surface area (Å²) in [6.07, 6.45) is 3.68. The number of piperidine rings is 1. The number of sulfonamides is 1. The highest BCUT2D eigenvalue weighted by atomic mass is 32.2. The molecule has 3 rings (SSSR count). The largest absolute Gasteiger partial charge is 0.322 e. The van der Waals surface area contributed by atoms with E-state index in [1.165, 1.54) is 15.9 Å². The minimum Gasteiger partial charge on any atom is -0.322 e. The third-order valence-electron chi connectivity index (χ3n) is 5.12. The van der Waals surface area contributed by atoms with Gasteiger partial charge in [-0.3, -0.25) is 4.79 Å². The van der Waals surface area contributed by atoms with Crippen molar-refractivity contribution in [2.24, 2.45) is 0 Å². The maximum atomic E-state index is 13.1. The Labute approximate surface area is 173 Å². The number of carbonyl (C=O) groups excluding carboxylic acids is 1. The van der Waals surface area contributed by atoms with Crippen LogP contribution in [0.25, 0.3) is 0 Å². The number of hydrogen-bond acceptors (Lipinski definition) is 4. The van der Waals surface area contributed by atoms with Crippen molar-refractivity contribution in [3.8, 4) is 0 Å². The Morgan fingerprint density at radius 1 is 1.00 bits per heavy atom. The minimum atomic E-state index is -3.68. The highest BCUT2D eigenvalue weighted by molar-refractivity contribution is 7.89. The predicted molar refractivity (Wildman–Crippen MR) is 116 cm³/mol. The van der Waals surface area contributed by atoms with Gasteiger partial charge in [-0.2, -0.15) is 4.31 Å². The Morgan fingerprint density at radius 2 is 1.66 bits per heavy atom. The number of amides is 1. The summed E-state index contributed by atoms with van der Waals surface area (Å²) in [5, 5.41) is 2.83. The molecule has 2 aromatic carbocycles. The first-order valence-electron chi connectivity index (χ1n) is 10.0. The van der Waals surface area contributed by atoms with Crippen molar-refractivity contribution in [1.82, 2.24) is 9.21 Å². The molecule has 1 heterocycles. The molecule has 0 aromatic heterocycles. The van der Waals surface area contributed by atoms with Gasteiger partial charge in [-0.15, -0.1) is 0 Å². The molecule has 0 saturated carbocycles. The molecule has 1 saturated heterocycles. The number of nitrogens with zero attached hydrogens (tertiary/aromatic N) is 2.